The van der Waals surface area contributed by atoms with Gasteiger partial charge in [0.15, 0.2) is 0 Å². The van der Waals surface area contributed by atoms with Crippen LogP contribution >= 0.6 is 0 Å². The molecule has 1 rings (SSSR count). The number of benzene rings is 1. The third-order valence-electron chi connectivity index (χ3n) is 3.21. The van der Waals surface area contributed by atoms with Crippen LogP contribution in [0.1, 0.15) is 18.9 Å². The summed E-state index contributed by atoms with van der Waals surface area (Å²) in [6.07, 6.45) is 0.797. The van der Waals surface area contributed by atoms with Crippen molar-refractivity contribution in [3.63, 3.8) is 0 Å². The van der Waals surface area contributed by atoms with Gasteiger partial charge in [-0.05, 0) is 17.9 Å². The topological polar surface area (TPSA) is 38.7 Å². The smallest absolute Gasteiger partial charge is 0.115 e. The Kier molecular flexibility index (Phi) is 5.62. The summed E-state index contributed by atoms with van der Waals surface area (Å²) in [5.41, 5.74) is -0.0559. The van der Waals surface area contributed by atoms with Gasteiger partial charge in [0.05, 0.1) is 6.61 Å². The van der Waals surface area contributed by atoms with Gasteiger partial charge in [-0.3, -0.25) is 0 Å². The molecule has 2 atom stereocenters. The van der Waals surface area contributed by atoms with Crippen molar-refractivity contribution in [2.45, 2.75) is 18.9 Å². The first-order valence-corrected chi connectivity index (χ1v) is 5.91. The van der Waals surface area contributed by atoms with Gasteiger partial charge >= 0.3 is 0 Å². The third kappa shape index (κ3) is 3.53. The first kappa shape index (κ1) is 14.2. The highest BCUT2D eigenvalue weighted by Gasteiger charge is 2.35. The molecule has 0 aromatic heterocycles. The Hall–Kier alpha value is -0.900. The van der Waals surface area contributed by atoms with E-state index < -0.39 is 5.60 Å². The Balaban J connectivity index is 2.88. The lowest BCUT2D eigenvalue weighted by Crippen LogP contribution is -2.38. The lowest BCUT2D eigenvalue weighted by molar-refractivity contribution is -0.0812. The molecule has 17 heavy (non-hydrogen) atoms. The second-order valence-corrected chi connectivity index (χ2v) is 4.41. The van der Waals surface area contributed by atoms with Gasteiger partial charge in [0, 0.05) is 20.8 Å². The molecule has 1 N–H and O–H groups in total. The molecule has 0 heterocycles. The summed E-state index contributed by atoms with van der Waals surface area (Å²) in [6.45, 7) is 2.95. The molecule has 0 saturated heterocycles. The fourth-order valence-corrected chi connectivity index (χ4v) is 1.99. The normalized spacial score (nSPS) is 16.5. The molecule has 2 unspecified atom stereocenters. The Morgan fingerprint density at radius 2 is 1.82 bits per heavy atom. The van der Waals surface area contributed by atoms with Crippen LogP contribution < -0.4 is 0 Å². The van der Waals surface area contributed by atoms with Crippen LogP contribution in [0.4, 0.5) is 0 Å². The highest BCUT2D eigenvalue weighted by molar-refractivity contribution is 5.23. The van der Waals surface area contributed by atoms with Crippen LogP contribution in [0.3, 0.4) is 0 Å². The Morgan fingerprint density at radius 1 is 1.18 bits per heavy atom. The number of aliphatic hydroxyl groups is 1. The van der Waals surface area contributed by atoms with Gasteiger partial charge < -0.3 is 14.6 Å². The summed E-state index contributed by atoms with van der Waals surface area (Å²) in [7, 11) is 3.28. The molecule has 3 nitrogen and oxygen atoms in total. The minimum Gasteiger partial charge on any atom is -0.385 e. The zero-order chi connectivity index (χ0) is 12.7. The fraction of sp³-hybridized carbons (Fsp3) is 0.571. The monoisotopic (exact) mass is 238 g/mol. The Bertz CT molecular complexity index is 313. The van der Waals surface area contributed by atoms with Crippen molar-refractivity contribution >= 4 is 0 Å². The van der Waals surface area contributed by atoms with Crippen LogP contribution in [0.15, 0.2) is 30.3 Å². The molecule has 0 aliphatic rings. The minimum atomic E-state index is -0.950. The maximum Gasteiger partial charge on any atom is 0.115 e. The second-order valence-electron chi connectivity index (χ2n) is 4.41. The summed E-state index contributed by atoms with van der Waals surface area (Å²) in [6, 6.07) is 9.67. The lowest BCUT2D eigenvalue weighted by Gasteiger charge is -2.34. The number of methoxy groups -OCH3 is 2. The maximum absolute atomic E-state index is 10.8. The predicted molar refractivity (Wildman–Crippen MR) is 67.9 cm³/mol. The molecule has 96 valence electrons. The van der Waals surface area contributed by atoms with E-state index in [-0.39, 0.29) is 5.92 Å². The molecule has 3 heteroatoms. The molecular formula is C14H22O3. The van der Waals surface area contributed by atoms with Gasteiger partial charge in [0.1, 0.15) is 5.60 Å². The van der Waals surface area contributed by atoms with E-state index in [0.717, 1.165) is 12.0 Å². The average molecular weight is 238 g/mol. The maximum atomic E-state index is 10.8. The molecule has 0 amide bonds. The van der Waals surface area contributed by atoms with Crippen LogP contribution in [0.25, 0.3) is 0 Å². The molecule has 0 bridgehead atoms. The van der Waals surface area contributed by atoms with Crippen molar-refractivity contribution in [3.8, 4) is 0 Å². The SMILES string of the molecule is COCCC(C)C(O)(COC)c1ccccc1. The molecular weight excluding hydrogens is 216 g/mol. The van der Waals surface area contributed by atoms with E-state index in [9.17, 15) is 5.11 Å². The summed E-state index contributed by atoms with van der Waals surface area (Å²) in [5.74, 6) is 0.0739. The third-order valence-corrected chi connectivity index (χ3v) is 3.21. The van der Waals surface area contributed by atoms with Crippen molar-refractivity contribution in [3.05, 3.63) is 35.9 Å². The van der Waals surface area contributed by atoms with Gasteiger partial charge in [-0.2, -0.15) is 0 Å². The van der Waals surface area contributed by atoms with Crippen LogP contribution in [-0.4, -0.2) is 32.5 Å². The minimum absolute atomic E-state index is 0.0739. The van der Waals surface area contributed by atoms with E-state index in [2.05, 4.69) is 0 Å². The van der Waals surface area contributed by atoms with Crippen molar-refractivity contribution in [2.75, 3.05) is 27.4 Å². The van der Waals surface area contributed by atoms with E-state index in [4.69, 9.17) is 9.47 Å². The van der Waals surface area contributed by atoms with Crippen LogP contribution in [0.2, 0.25) is 0 Å². The Labute approximate surface area is 103 Å². The molecule has 0 saturated carbocycles. The standard InChI is InChI=1S/C14H22O3/c1-12(9-10-16-2)14(15,11-17-3)13-7-5-4-6-8-13/h4-8,12,15H,9-11H2,1-3H3. The van der Waals surface area contributed by atoms with Crippen molar-refractivity contribution in [1.82, 2.24) is 0 Å². The van der Waals surface area contributed by atoms with Gasteiger partial charge in [-0.1, -0.05) is 37.3 Å². The molecule has 0 fully saturated rings. The molecule has 0 aliphatic carbocycles. The molecule has 0 radical (unpaired) electrons. The zero-order valence-electron chi connectivity index (χ0n) is 10.8. The summed E-state index contributed by atoms with van der Waals surface area (Å²) in [5, 5.41) is 10.8. The molecule has 1 aromatic rings. The van der Waals surface area contributed by atoms with E-state index in [0.29, 0.717) is 13.2 Å². The molecule has 1 aromatic carbocycles. The average Bonchev–Trinajstić information content (AvgIpc) is 2.37. The van der Waals surface area contributed by atoms with Crippen LogP contribution in [0, 0.1) is 5.92 Å². The van der Waals surface area contributed by atoms with Crippen LogP contribution in [-0.2, 0) is 15.1 Å². The van der Waals surface area contributed by atoms with Gasteiger partial charge in [-0.25, -0.2) is 0 Å². The summed E-state index contributed by atoms with van der Waals surface area (Å²) in [4.78, 5) is 0. The lowest BCUT2D eigenvalue weighted by atomic mass is 9.81. The molecule has 0 spiro atoms. The van der Waals surface area contributed by atoms with Crippen LogP contribution in [0.5, 0.6) is 0 Å². The largest absolute Gasteiger partial charge is 0.385 e. The summed E-state index contributed by atoms with van der Waals surface area (Å²) < 4.78 is 10.2. The van der Waals surface area contributed by atoms with Crippen molar-refractivity contribution in [1.29, 1.82) is 0 Å². The van der Waals surface area contributed by atoms with E-state index in [1.54, 1.807) is 14.2 Å². The Morgan fingerprint density at radius 3 is 2.35 bits per heavy atom. The highest BCUT2D eigenvalue weighted by atomic mass is 16.5. The first-order chi connectivity index (χ1) is 8.15. The van der Waals surface area contributed by atoms with E-state index in [1.807, 2.05) is 37.3 Å². The molecule has 0 aliphatic heterocycles. The van der Waals surface area contributed by atoms with Crippen molar-refractivity contribution < 1.29 is 14.6 Å². The highest BCUT2D eigenvalue weighted by Crippen LogP contribution is 2.32. The van der Waals surface area contributed by atoms with Crippen molar-refractivity contribution in [2.24, 2.45) is 5.92 Å². The number of ether oxygens (including phenoxy) is 2. The number of hydrogen-bond donors (Lipinski definition) is 1. The van der Waals surface area contributed by atoms with E-state index in [1.165, 1.54) is 0 Å². The summed E-state index contributed by atoms with van der Waals surface area (Å²) >= 11 is 0. The first-order valence-electron chi connectivity index (χ1n) is 5.91. The zero-order valence-corrected chi connectivity index (χ0v) is 10.8. The second kappa shape index (κ2) is 6.74. The predicted octanol–water partition coefficient (Wildman–Crippen LogP) is 2.19. The number of hydrogen-bond acceptors (Lipinski definition) is 3. The van der Waals surface area contributed by atoms with Gasteiger partial charge in [-0.15, -0.1) is 0 Å². The van der Waals surface area contributed by atoms with E-state index >= 15 is 0 Å². The number of rotatable bonds is 7. The fourth-order valence-electron chi connectivity index (χ4n) is 1.99. The quantitative estimate of drug-likeness (QED) is 0.791. The van der Waals surface area contributed by atoms with Gasteiger partial charge in [0.2, 0.25) is 0 Å². The van der Waals surface area contributed by atoms with Gasteiger partial charge in [0.25, 0.3) is 0 Å².